The Hall–Kier alpha value is -2.32. The third-order valence-corrected chi connectivity index (χ3v) is 6.10. The topological polar surface area (TPSA) is 68.7 Å². The molecule has 0 bridgehead atoms. The third-order valence-electron chi connectivity index (χ3n) is 5.08. The van der Waals surface area contributed by atoms with Crippen molar-refractivity contribution in [3.8, 4) is 10.4 Å². The summed E-state index contributed by atoms with van der Waals surface area (Å²) >= 11 is 1.32. The molecule has 0 saturated carbocycles. The minimum atomic E-state index is -0.705. The van der Waals surface area contributed by atoms with Gasteiger partial charge >= 0.3 is 5.97 Å². The van der Waals surface area contributed by atoms with Crippen molar-refractivity contribution in [3.05, 3.63) is 40.8 Å². The normalized spacial score (nSPS) is 22.2. The van der Waals surface area contributed by atoms with Gasteiger partial charge in [0.1, 0.15) is 17.6 Å². The SMILES string of the molecule is COC(=O)C1CCC(C)(OC)CN1C(=O)c1nc(C)sc1-c1cccc(F)c1. The number of carbonyl (C=O) groups excluding carboxylic acids is 2. The van der Waals surface area contributed by atoms with Crippen LogP contribution in [0.15, 0.2) is 24.3 Å². The van der Waals surface area contributed by atoms with E-state index in [9.17, 15) is 14.0 Å². The molecule has 3 rings (SSSR count). The number of amides is 1. The van der Waals surface area contributed by atoms with E-state index in [2.05, 4.69) is 4.98 Å². The van der Waals surface area contributed by atoms with Crippen LogP contribution < -0.4 is 0 Å². The Bertz CT molecular complexity index is 900. The molecule has 2 aromatic rings. The van der Waals surface area contributed by atoms with Gasteiger partial charge in [0.05, 0.1) is 29.1 Å². The van der Waals surface area contributed by atoms with Crippen LogP contribution in [0.4, 0.5) is 4.39 Å². The van der Waals surface area contributed by atoms with Crippen LogP contribution in [0.5, 0.6) is 0 Å². The van der Waals surface area contributed by atoms with Gasteiger partial charge in [0.25, 0.3) is 5.91 Å². The standard InChI is InChI=1S/C20H23FN2O4S/c1-12-22-16(17(28-12)13-6-5-7-14(21)10-13)18(24)23-11-20(2,27-4)9-8-15(23)19(25)26-3/h5-7,10,15H,8-9,11H2,1-4H3. The lowest BCUT2D eigenvalue weighted by atomic mass is 9.89. The zero-order valence-electron chi connectivity index (χ0n) is 16.3. The fourth-order valence-electron chi connectivity index (χ4n) is 3.44. The molecule has 1 aliphatic heterocycles. The lowest BCUT2D eigenvalue weighted by Crippen LogP contribution is -2.57. The summed E-state index contributed by atoms with van der Waals surface area (Å²) in [6.45, 7) is 3.93. The number of piperidine rings is 1. The monoisotopic (exact) mass is 406 g/mol. The highest BCUT2D eigenvalue weighted by Gasteiger charge is 2.43. The Kier molecular flexibility index (Phi) is 5.81. The number of ether oxygens (including phenoxy) is 2. The quantitative estimate of drug-likeness (QED) is 0.728. The molecule has 0 spiro atoms. The van der Waals surface area contributed by atoms with Crippen LogP contribution in [-0.4, -0.2) is 54.2 Å². The average Bonchev–Trinajstić information content (AvgIpc) is 3.08. The molecule has 0 aliphatic carbocycles. The summed E-state index contributed by atoms with van der Waals surface area (Å²) in [5.74, 6) is -1.24. The van der Waals surface area contributed by atoms with Gasteiger partial charge in [-0.2, -0.15) is 0 Å². The van der Waals surface area contributed by atoms with Gasteiger partial charge in [-0.3, -0.25) is 4.79 Å². The van der Waals surface area contributed by atoms with Gasteiger partial charge in [-0.05, 0) is 44.4 Å². The summed E-state index contributed by atoms with van der Waals surface area (Å²) in [5.41, 5.74) is 0.224. The van der Waals surface area contributed by atoms with E-state index in [1.54, 1.807) is 26.2 Å². The number of methoxy groups -OCH3 is 2. The van der Waals surface area contributed by atoms with Crippen molar-refractivity contribution in [2.45, 2.75) is 38.3 Å². The van der Waals surface area contributed by atoms with Crippen molar-refractivity contribution in [1.29, 1.82) is 0 Å². The van der Waals surface area contributed by atoms with Crippen LogP contribution in [0.1, 0.15) is 35.3 Å². The van der Waals surface area contributed by atoms with E-state index in [-0.39, 0.29) is 24.0 Å². The highest BCUT2D eigenvalue weighted by atomic mass is 32.1. The number of halogens is 1. The first-order chi connectivity index (χ1) is 13.3. The zero-order valence-corrected chi connectivity index (χ0v) is 17.1. The van der Waals surface area contributed by atoms with Crippen LogP contribution in [0.25, 0.3) is 10.4 Å². The number of aromatic nitrogens is 1. The number of benzene rings is 1. The van der Waals surface area contributed by atoms with E-state index in [0.717, 1.165) is 0 Å². The number of carbonyl (C=O) groups is 2. The van der Waals surface area contributed by atoms with E-state index in [1.165, 1.54) is 35.5 Å². The van der Waals surface area contributed by atoms with Gasteiger partial charge in [-0.25, -0.2) is 14.2 Å². The molecule has 0 N–H and O–H groups in total. The number of thiazole rings is 1. The Labute approximate surface area is 167 Å². The average molecular weight is 406 g/mol. The van der Waals surface area contributed by atoms with Crippen molar-refractivity contribution in [1.82, 2.24) is 9.88 Å². The van der Waals surface area contributed by atoms with Crippen LogP contribution in [0.3, 0.4) is 0 Å². The van der Waals surface area contributed by atoms with Gasteiger partial charge < -0.3 is 14.4 Å². The maximum absolute atomic E-state index is 13.7. The molecule has 1 aromatic heterocycles. The maximum atomic E-state index is 13.7. The summed E-state index contributed by atoms with van der Waals surface area (Å²) < 4.78 is 24.2. The summed E-state index contributed by atoms with van der Waals surface area (Å²) in [5, 5.41) is 0.684. The second kappa shape index (κ2) is 7.97. The summed E-state index contributed by atoms with van der Waals surface area (Å²) in [6.07, 6.45) is 1.06. The number of esters is 1. The third kappa shape index (κ3) is 3.93. The lowest BCUT2D eigenvalue weighted by molar-refractivity contribution is -0.151. The van der Waals surface area contributed by atoms with E-state index >= 15 is 0 Å². The molecule has 150 valence electrons. The van der Waals surface area contributed by atoms with Crippen molar-refractivity contribution in [2.75, 3.05) is 20.8 Å². The summed E-state index contributed by atoms with van der Waals surface area (Å²) in [6, 6.07) is 5.34. The molecule has 1 saturated heterocycles. The van der Waals surface area contributed by atoms with Gasteiger partial charge in [-0.15, -0.1) is 11.3 Å². The molecule has 0 radical (unpaired) electrons. The van der Waals surface area contributed by atoms with Gasteiger partial charge in [0, 0.05) is 7.11 Å². The van der Waals surface area contributed by atoms with Gasteiger partial charge in [-0.1, -0.05) is 12.1 Å². The molecule has 6 nitrogen and oxygen atoms in total. The van der Waals surface area contributed by atoms with E-state index in [4.69, 9.17) is 9.47 Å². The Balaban J connectivity index is 2.02. The molecule has 2 atom stereocenters. The van der Waals surface area contributed by atoms with E-state index in [0.29, 0.717) is 28.3 Å². The number of nitrogens with zero attached hydrogens (tertiary/aromatic N) is 2. The number of hydrogen-bond donors (Lipinski definition) is 0. The molecule has 2 unspecified atom stereocenters. The van der Waals surface area contributed by atoms with Crippen LogP contribution in [0.2, 0.25) is 0 Å². The fourth-order valence-corrected chi connectivity index (χ4v) is 4.35. The van der Waals surface area contributed by atoms with Crippen LogP contribution >= 0.6 is 11.3 Å². The first-order valence-electron chi connectivity index (χ1n) is 8.95. The van der Waals surface area contributed by atoms with Crippen LogP contribution in [-0.2, 0) is 14.3 Å². The molecular weight excluding hydrogens is 383 g/mol. The van der Waals surface area contributed by atoms with Crippen molar-refractivity contribution in [2.24, 2.45) is 0 Å². The molecule has 8 heteroatoms. The predicted molar refractivity (Wildman–Crippen MR) is 104 cm³/mol. The van der Waals surface area contributed by atoms with E-state index < -0.39 is 17.6 Å². The summed E-state index contributed by atoms with van der Waals surface area (Å²) in [7, 11) is 2.90. The van der Waals surface area contributed by atoms with Crippen molar-refractivity contribution >= 4 is 23.2 Å². The highest BCUT2D eigenvalue weighted by Crippen LogP contribution is 2.34. The molecule has 28 heavy (non-hydrogen) atoms. The zero-order chi connectivity index (χ0) is 20.5. The molecule has 1 fully saturated rings. The Morgan fingerprint density at radius 3 is 2.75 bits per heavy atom. The first kappa shape index (κ1) is 20.4. The lowest BCUT2D eigenvalue weighted by Gasteiger charge is -2.43. The molecule has 1 aromatic carbocycles. The molecule has 2 heterocycles. The first-order valence-corrected chi connectivity index (χ1v) is 9.77. The largest absolute Gasteiger partial charge is 0.467 e. The Morgan fingerprint density at radius 2 is 2.11 bits per heavy atom. The highest BCUT2D eigenvalue weighted by molar-refractivity contribution is 7.15. The second-order valence-corrected chi connectivity index (χ2v) is 8.29. The van der Waals surface area contributed by atoms with Gasteiger partial charge in [0.2, 0.25) is 0 Å². The molecular formula is C20H23FN2O4S. The van der Waals surface area contributed by atoms with Crippen LogP contribution in [0, 0.1) is 12.7 Å². The van der Waals surface area contributed by atoms with Crippen molar-refractivity contribution in [3.63, 3.8) is 0 Å². The summed E-state index contributed by atoms with van der Waals surface area (Å²) in [4.78, 5) is 32.2. The predicted octanol–water partition coefficient (Wildman–Crippen LogP) is 3.44. The number of aryl methyl sites for hydroxylation is 1. The second-order valence-electron chi connectivity index (χ2n) is 7.09. The van der Waals surface area contributed by atoms with E-state index in [1.807, 2.05) is 6.92 Å². The Morgan fingerprint density at radius 1 is 1.36 bits per heavy atom. The number of likely N-dealkylation sites (tertiary alicyclic amines) is 1. The number of rotatable bonds is 4. The molecule has 1 aliphatic rings. The minimum absolute atomic E-state index is 0.211. The minimum Gasteiger partial charge on any atom is -0.467 e. The smallest absolute Gasteiger partial charge is 0.328 e. The van der Waals surface area contributed by atoms with Gasteiger partial charge in [0.15, 0.2) is 0 Å². The number of hydrogen-bond acceptors (Lipinski definition) is 6. The fraction of sp³-hybridized carbons (Fsp3) is 0.450. The maximum Gasteiger partial charge on any atom is 0.328 e. The van der Waals surface area contributed by atoms with Crippen molar-refractivity contribution < 1.29 is 23.5 Å². The molecule has 1 amide bonds.